The molecule has 0 fully saturated rings. The third-order valence-electron chi connectivity index (χ3n) is 7.12. The Morgan fingerprint density at radius 3 is 2.76 bits per heavy atom. The molecule has 0 bridgehead atoms. The van der Waals surface area contributed by atoms with Crippen LogP contribution in [0.25, 0.3) is 0 Å². The summed E-state index contributed by atoms with van der Waals surface area (Å²) in [6.07, 6.45) is 11.2. The van der Waals surface area contributed by atoms with Crippen LogP contribution in [0.2, 0.25) is 5.02 Å². The number of hydrogen-bond donors (Lipinski definition) is 3. The number of rotatable bonds is 7. The third kappa shape index (κ3) is 5.81. The monoisotopic (exact) mass is 544 g/mol. The number of allylic oxidation sites excluding steroid dienone is 4. The van der Waals surface area contributed by atoms with Crippen LogP contribution < -0.4 is 10.1 Å². The summed E-state index contributed by atoms with van der Waals surface area (Å²) >= 11 is 12.4. The summed E-state index contributed by atoms with van der Waals surface area (Å²) in [6.45, 7) is 0.594. The predicted molar refractivity (Wildman–Crippen MR) is 142 cm³/mol. The van der Waals surface area contributed by atoms with Gasteiger partial charge in [0, 0.05) is 40.5 Å². The standard InChI is InChI=1S/C28H30Cl2N2O5/c29-18-3-8-22(9-4-18)37-28(35)32-13-11-23-24-15-19(30)5-10-25(24)31-26(23)27(32)17-1-6-21(7-2-17)36-14-12-20(34)16-33/h1-6,8-10,20-21,24,27,31,33-34H,7,11-16H2/t20-,21?,24?,27?/m0/s1. The molecule has 0 saturated heterocycles. The zero-order valence-electron chi connectivity index (χ0n) is 20.3. The highest BCUT2D eigenvalue weighted by molar-refractivity contribution is 6.30. The minimum absolute atomic E-state index is 0.133. The number of ether oxygens (including phenoxy) is 2. The van der Waals surface area contributed by atoms with Gasteiger partial charge in [0.25, 0.3) is 0 Å². The van der Waals surface area contributed by atoms with E-state index in [4.69, 9.17) is 37.8 Å². The largest absolute Gasteiger partial charge is 0.416 e. The van der Waals surface area contributed by atoms with Gasteiger partial charge in [-0.1, -0.05) is 41.4 Å². The zero-order chi connectivity index (χ0) is 25.9. The summed E-state index contributed by atoms with van der Waals surface area (Å²) in [5, 5.41) is 23.5. The number of halogens is 2. The van der Waals surface area contributed by atoms with Gasteiger partial charge in [0.1, 0.15) is 11.8 Å². The van der Waals surface area contributed by atoms with E-state index in [1.807, 2.05) is 24.3 Å². The molecular formula is C28H30Cl2N2O5. The Morgan fingerprint density at radius 2 is 2.03 bits per heavy atom. The van der Waals surface area contributed by atoms with E-state index in [2.05, 4.69) is 11.4 Å². The third-order valence-corrected chi connectivity index (χ3v) is 7.66. The molecular weight excluding hydrogens is 515 g/mol. The first-order valence-electron chi connectivity index (χ1n) is 12.5. The Morgan fingerprint density at radius 1 is 1.22 bits per heavy atom. The SMILES string of the molecule is O=C(Oc1ccc(Cl)cc1)N1CCC2=C(NC3=CC=C(Cl)CC32)C1C1=CCC(OCC[C@H](O)CO)C=C1. The molecule has 196 valence electrons. The first-order chi connectivity index (χ1) is 17.9. The number of fused-ring (bicyclic) bond motifs is 2. The first-order valence-corrected chi connectivity index (χ1v) is 13.3. The van der Waals surface area contributed by atoms with E-state index in [1.165, 1.54) is 5.57 Å². The van der Waals surface area contributed by atoms with Gasteiger partial charge in [-0.25, -0.2) is 4.79 Å². The summed E-state index contributed by atoms with van der Waals surface area (Å²) in [4.78, 5) is 15.2. The molecule has 1 amide bonds. The smallest absolute Gasteiger partial charge is 0.410 e. The van der Waals surface area contributed by atoms with E-state index in [0.29, 0.717) is 36.8 Å². The van der Waals surface area contributed by atoms with Crippen LogP contribution in [0.15, 0.2) is 82.2 Å². The van der Waals surface area contributed by atoms with Crippen LogP contribution in [-0.4, -0.2) is 59.2 Å². The van der Waals surface area contributed by atoms with E-state index in [-0.39, 0.29) is 24.7 Å². The second kappa shape index (κ2) is 11.5. The van der Waals surface area contributed by atoms with Crippen LogP contribution in [-0.2, 0) is 4.74 Å². The van der Waals surface area contributed by atoms with Crippen molar-refractivity contribution in [3.63, 3.8) is 0 Å². The van der Waals surface area contributed by atoms with Gasteiger partial charge in [-0.3, -0.25) is 4.90 Å². The van der Waals surface area contributed by atoms with Gasteiger partial charge in [0.15, 0.2) is 0 Å². The number of carbonyl (C=O) groups excluding carboxylic acids is 1. The zero-order valence-corrected chi connectivity index (χ0v) is 21.8. The van der Waals surface area contributed by atoms with Gasteiger partial charge < -0.3 is 25.0 Å². The second-order valence-electron chi connectivity index (χ2n) is 9.56. The number of amides is 1. The van der Waals surface area contributed by atoms with Crippen molar-refractivity contribution in [2.24, 2.45) is 5.92 Å². The Balaban J connectivity index is 1.37. The summed E-state index contributed by atoms with van der Waals surface area (Å²) in [5.41, 5.74) is 4.39. The van der Waals surface area contributed by atoms with Crippen molar-refractivity contribution >= 4 is 29.3 Å². The van der Waals surface area contributed by atoms with E-state index < -0.39 is 12.2 Å². The molecule has 3 unspecified atom stereocenters. The van der Waals surface area contributed by atoms with Crippen molar-refractivity contribution in [3.05, 3.63) is 87.2 Å². The molecule has 9 heteroatoms. The fraction of sp³-hybridized carbons (Fsp3) is 0.393. The average Bonchev–Trinajstić information content (AvgIpc) is 3.27. The van der Waals surface area contributed by atoms with Crippen LogP contribution in [0.3, 0.4) is 0 Å². The molecule has 1 aromatic carbocycles. The van der Waals surface area contributed by atoms with E-state index in [1.54, 1.807) is 29.2 Å². The molecule has 0 aromatic heterocycles. The molecule has 2 aliphatic heterocycles. The number of aliphatic hydroxyl groups is 2. The van der Waals surface area contributed by atoms with Crippen molar-refractivity contribution in [2.75, 3.05) is 19.8 Å². The maximum Gasteiger partial charge on any atom is 0.416 e. The quantitative estimate of drug-likeness (QED) is 0.456. The summed E-state index contributed by atoms with van der Waals surface area (Å²) < 4.78 is 11.6. The molecule has 0 spiro atoms. The molecule has 7 nitrogen and oxygen atoms in total. The molecule has 1 aromatic rings. The van der Waals surface area contributed by atoms with Gasteiger partial charge in [-0.05, 0) is 73.2 Å². The van der Waals surface area contributed by atoms with Crippen molar-refractivity contribution in [2.45, 2.75) is 43.9 Å². The van der Waals surface area contributed by atoms with Crippen molar-refractivity contribution < 1.29 is 24.5 Å². The van der Waals surface area contributed by atoms with E-state index in [0.717, 1.165) is 34.8 Å². The van der Waals surface area contributed by atoms with Crippen LogP contribution in [0.1, 0.15) is 25.7 Å². The highest BCUT2D eigenvalue weighted by Gasteiger charge is 2.43. The van der Waals surface area contributed by atoms with Crippen molar-refractivity contribution in [1.82, 2.24) is 10.2 Å². The lowest BCUT2D eigenvalue weighted by Gasteiger charge is -2.38. The summed E-state index contributed by atoms with van der Waals surface area (Å²) in [5.74, 6) is 0.637. The Labute approximate surface area is 226 Å². The molecule has 2 aliphatic carbocycles. The average molecular weight is 545 g/mol. The number of benzene rings is 1. The molecule has 0 radical (unpaired) electrons. The topological polar surface area (TPSA) is 91.3 Å². The minimum Gasteiger partial charge on any atom is -0.410 e. The van der Waals surface area contributed by atoms with Gasteiger partial charge in [-0.15, -0.1) is 0 Å². The van der Waals surface area contributed by atoms with E-state index >= 15 is 0 Å². The highest BCUT2D eigenvalue weighted by atomic mass is 35.5. The lowest BCUT2D eigenvalue weighted by atomic mass is 9.84. The molecule has 4 aliphatic rings. The minimum atomic E-state index is -0.777. The number of carbonyl (C=O) groups is 1. The van der Waals surface area contributed by atoms with Gasteiger partial charge in [-0.2, -0.15) is 0 Å². The van der Waals surface area contributed by atoms with Crippen molar-refractivity contribution in [3.8, 4) is 5.75 Å². The lowest BCUT2D eigenvalue weighted by Crippen LogP contribution is -2.49. The number of hydrogen-bond acceptors (Lipinski definition) is 6. The fourth-order valence-corrected chi connectivity index (χ4v) is 5.55. The summed E-state index contributed by atoms with van der Waals surface area (Å²) in [7, 11) is 0. The predicted octanol–water partition coefficient (Wildman–Crippen LogP) is 4.81. The molecule has 5 rings (SSSR count). The maximum atomic E-state index is 13.4. The Kier molecular flexibility index (Phi) is 8.07. The number of nitrogens with zero attached hydrogens (tertiary/aromatic N) is 1. The van der Waals surface area contributed by atoms with Crippen LogP contribution in [0.5, 0.6) is 5.75 Å². The highest BCUT2D eigenvalue weighted by Crippen LogP contribution is 2.44. The maximum absolute atomic E-state index is 13.4. The fourth-order valence-electron chi connectivity index (χ4n) is 5.21. The Hall–Kier alpha value is -2.55. The number of aliphatic hydroxyl groups excluding tert-OH is 2. The lowest BCUT2D eigenvalue weighted by molar-refractivity contribution is 0.0306. The van der Waals surface area contributed by atoms with Crippen molar-refractivity contribution in [1.29, 1.82) is 0 Å². The first kappa shape index (κ1) is 26.1. The van der Waals surface area contributed by atoms with Crippen LogP contribution in [0, 0.1) is 5.92 Å². The van der Waals surface area contributed by atoms with E-state index in [9.17, 15) is 9.90 Å². The molecule has 4 atom stereocenters. The van der Waals surface area contributed by atoms with Crippen LogP contribution in [0.4, 0.5) is 4.79 Å². The normalized spacial score (nSPS) is 25.5. The van der Waals surface area contributed by atoms with Gasteiger partial charge in [0.2, 0.25) is 0 Å². The number of nitrogens with one attached hydrogen (secondary N) is 1. The van der Waals surface area contributed by atoms with Gasteiger partial charge in [0.05, 0.1) is 18.8 Å². The molecule has 37 heavy (non-hydrogen) atoms. The Bertz CT molecular complexity index is 1190. The molecule has 0 saturated carbocycles. The van der Waals surface area contributed by atoms with Gasteiger partial charge >= 0.3 is 6.09 Å². The van der Waals surface area contributed by atoms with Crippen LogP contribution >= 0.6 is 23.2 Å². The molecule has 2 heterocycles. The second-order valence-corrected chi connectivity index (χ2v) is 10.5. The summed E-state index contributed by atoms with van der Waals surface area (Å²) in [6, 6.07) is 6.41. The molecule has 3 N–H and O–H groups in total.